The molecule has 2 rings (SSSR count). The summed E-state index contributed by atoms with van der Waals surface area (Å²) in [5.74, 6) is -1.47. The summed E-state index contributed by atoms with van der Waals surface area (Å²) in [5, 5.41) is 11.8. The number of nitrogens with one attached hydrogen (secondary N) is 1. The zero-order valence-electron chi connectivity index (χ0n) is 11.4. The van der Waals surface area contributed by atoms with Gasteiger partial charge in [0, 0.05) is 18.5 Å². The Balaban J connectivity index is 2.15. The van der Waals surface area contributed by atoms with Gasteiger partial charge in [-0.2, -0.15) is 0 Å². The molecule has 0 saturated heterocycles. The Hall–Kier alpha value is -2.95. The standard InChI is InChI=1S/C16H14N2O3/c1-11-4-2-6-13(15(11)16(20)21)18-14(19)8-7-12-5-3-9-17-10-12/h2-10H,1H3,(H,18,19)(H,20,21). The summed E-state index contributed by atoms with van der Waals surface area (Å²) in [6, 6.07) is 8.52. The van der Waals surface area contributed by atoms with Crippen LogP contribution in [0, 0.1) is 6.92 Å². The lowest BCUT2D eigenvalue weighted by Gasteiger charge is -2.08. The first-order valence-electron chi connectivity index (χ1n) is 6.30. The van der Waals surface area contributed by atoms with Gasteiger partial charge in [-0.15, -0.1) is 0 Å². The van der Waals surface area contributed by atoms with Crippen molar-refractivity contribution < 1.29 is 14.7 Å². The van der Waals surface area contributed by atoms with Crippen molar-refractivity contribution in [3.8, 4) is 0 Å². The summed E-state index contributed by atoms with van der Waals surface area (Å²) >= 11 is 0. The van der Waals surface area contributed by atoms with Gasteiger partial charge < -0.3 is 10.4 Å². The zero-order chi connectivity index (χ0) is 15.2. The Morgan fingerprint density at radius 1 is 1.24 bits per heavy atom. The number of pyridine rings is 1. The summed E-state index contributed by atoms with van der Waals surface area (Å²) in [7, 11) is 0. The minimum Gasteiger partial charge on any atom is -0.478 e. The van der Waals surface area contributed by atoms with E-state index in [-0.39, 0.29) is 11.3 Å². The highest BCUT2D eigenvalue weighted by molar-refractivity contribution is 6.06. The molecule has 0 aliphatic rings. The Kier molecular flexibility index (Phi) is 4.46. The molecule has 0 aliphatic heterocycles. The number of aromatic carboxylic acids is 1. The molecule has 1 amide bonds. The van der Waals surface area contributed by atoms with Gasteiger partial charge in [0.25, 0.3) is 0 Å². The number of aryl methyl sites for hydroxylation is 1. The van der Waals surface area contributed by atoms with E-state index in [4.69, 9.17) is 0 Å². The van der Waals surface area contributed by atoms with Gasteiger partial charge in [-0.05, 0) is 36.3 Å². The van der Waals surface area contributed by atoms with E-state index in [0.29, 0.717) is 5.56 Å². The van der Waals surface area contributed by atoms with E-state index >= 15 is 0 Å². The molecular formula is C16H14N2O3. The predicted molar refractivity (Wildman–Crippen MR) is 80.0 cm³/mol. The molecule has 21 heavy (non-hydrogen) atoms. The molecule has 2 aromatic rings. The summed E-state index contributed by atoms with van der Waals surface area (Å²) < 4.78 is 0. The lowest BCUT2D eigenvalue weighted by molar-refractivity contribution is -0.111. The highest BCUT2D eigenvalue weighted by Gasteiger charge is 2.13. The second kappa shape index (κ2) is 6.47. The Labute approximate surface area is 122 Å². The first-order chi connectivity index (χ1) is 10.1. The van der Waals surface area contributed by atoms with Gasteiger partial charge in [-0.3, -0.25) is 9.78 Å². The summed E-state index contributed by atoms with van der Waals surface area (Å²) in [5.41, 5.74) is 1.76. The van der Waals surface area contributed by atoms with Crippen LogP contribution >= 0.6 is 0 Å². The van der Waals surface area contributed by atoms with Crippen molar-refractivity contribution in [3.05, 3.63) is 65.5 Å². The summed E-state index contributed by atoms with van der Waals surface area (Å²) in [6.07, 6.45) is 6.21. The van der Waals surface area contributed by atoms with Gasteiger partial charge in [0.15, 0.2) is 0 Å². The molecule has 0 fully saturated rings. The van der Waals surface area contributed by atoms with E-state index in [1.54, 1.807) is 49.7 Å². The second-order valence-electron chi connectivity index (χ2n) is 4.41. The fourth-order valence-corrected chi connectivity index (χ4v) is 1.88. The number of benzene rings is 1. The minimum absolute atomic E-state index is 0.0978. The van der Waals surface area contributed by atoms with Crippen molar-refractivity contribution in [2.24, 2.45) is 0 Å². The number of carboxylic acid groups (broad SMARTS) is 1. The van der Waals surface area contributed by atoms with Crippen LogP contribution in [0.25, 0.3) is 6.08 Å². The maximum atomic E-state index is 11.9. The highest BCUT2D eigenvalue weighted by atomic mass is 16.4. The van der Waals surface area contributed by atoms with Crippen LogP contribution in [0.5, 0.6) is 0 Å². The Bertz CT molecular complexity index is 694. The van der Waals surface area contributed by atoms with Crippen molar-refractivity contribution in [3.63, 3.8) is 0 Å². The quantitative estimate of drug-likeness (QED) is 0.845. The van der Waals surface area contributed by atoms with E-state index < -0.39 is 11.9 Å². The van der Waals surface area contributed by atoms with Crippen molar-refractivity contribution in [2.75, 3.05) is 5.32 Å². The van der Waals surface area contributed by atoms with Crippen LogP contribution in [-0.4, -0.2) is 22.0 Å². The van der Waals surface area contributed by atoms with Gasteiger partial charge in [-0.25, -0.2) is 4.79 Å². The molecule has 0 bridgehead atoms. The lowest BCUT2D eigenvalue weighted by Crippen LogP contribution is -2.13. The lowest BCUT2D eigenvalue weighted by atomic mass is 10.1. The molecule has 5 heteroatoms. The fourth-order valence-electron chi connectivity index (χ4n) is 1.88. The molecule has 0 spiro atoms. The number of rotatable bonds is 4. The first kappa shape index (κ1) is 14.5. The Morgan fingerprint density at radius 2 is 2.05 bits per heavy atom. The molecule has 0 atom stereocenters. The van der Waals surface area contributed by atoms with Crippen LogP contribution in [0.1, 0.15) is 21.5 Å². The van der Waals surface area contributed by atoms with E-state index in [2.05, 4.69) is 10.3 Å². The van der Waals surface area contributed by atoms with Crippen LogP contribution in [-0.2, 0) is 4.79 Å². The average Bonchev–Trinajstić information content (AvgIpc) is 2.46. The maximum absolute atomic E-state index is 11.9. The molecule has 0 radical (unpaired) electrons. The number of aromatic nitrogens is 1. The van der Waals surface area contributed by atoms with Crippen LogP contribution in [0.2, 0.25) is 0 Å². The highest BCUT2D eigenvalue weighted by Crippen LogP contribution is 2.19. The van der Waals surface area contributed by atoms with Gasteiger partial charge in [0.1, 0.15) is 0 Å². The number of hydrogen-bond acceptors (Lipinski definition) is 3. The number of nitrogens with zero attached hydrogens (tertiary/aromatic N) is 1. The van der Waals surface area contributed by atoms with Crippen molar-refractivity contribution in [2.45, 2.75) is 6.92 Å². The molecule has 1 aromatic heterocycles. The van der Waals surface area contributed by atoms with Crippen molar-refractivity contribution in [1.82, 2.24) is 4.98 Å². The third kappa shape index (κ3) is 3.76. The van der Waals surface area contributed by atoms with Gasteiger partial charge in [-0.1, -0.05) is 18.2 Å². The SMILES string of the molecule is Cc1cccc(NC(=O)C=Cc2cccnc2)c1C(=O)O. The number of amides is 1. The molecule has 0 saturated carbocycles. The number of anilines is 1. The van der Waals surface area contributed by atoms with E-state index in [9.17, 15) is 14.7 Å². The van der Waals surface area contributed by atoms with Crippen LogP contribution in [0.4, 0.5) is 5.69 Å². The third-order valence-electron chi connectivity index (χ3n) is 2.86. The van der Waals surface area contributed by atoms with Crippen LogP contribution < -0.4 is 5.32 Å². The van der Waals surface area contributed by atoms with Crippen molar-refractivity contribution >= 4 is 23.6 Å². The van der Waals surface area contributed by atoms with E-state index in [0.717, 1.165) is 5.56 Å². The number of carboxylic acids is 1. The maximum Gasteiger partial charge on any atom is 0.338 e. The molecule has 2 N–H and O–H groups in total. The molecule has 5 nitrogen and oxygen atoms in total. The monoisotopic (exact) mass is 282 g/mol. The summed E-state index contributed by atoms with van der Waals surface area (Å²) in [6.45, 7) is 1.69. The smallest absolute Gasteiger partial charge is 0.338 e. The molecular weight excluding hydrogens is 268 g/mol. The number of hydrogen-bond donors (Lipinski definition) is 2. The largest absolute Gasteiger partial charge is 0.478 e. The van der Waals surface area contributed by atoms with Crippen molar-refractivity contribution in [1.29, 1.82) is 0 Å². The number of carbonyl (C=O) groups excluding carboxylic acids is 1. The van der Waals surface area contributed by atoms with E-state index in [1.165, 1.54) is 6.08 Å². The van der Waals surface area contributed by atoms with Gasteiger partial charge in [0.2, 0.25) is 5.91 Å². The van der Waals surface area contributed by atoms with Gasteiger partial charge in [0.05, 0.1) is 11.3 Å². The molecule has 0 aliphatic carbocycles. The normalized spacial score (nSPS) is 10.5. The number of carbonyl (C=O) groups is 2. The van der Waals surface area contributed by atoms with Crippen LogP contribution in [0.15, 0.2) is 48.8 Å². The molecule has 1 aromatic carbocycles. The predicted octanol–water partition coefficient (Wildman–Crippen LogP) is 2.74. The third-order valence-corrected chi connectivity index (χ3v) is 2.86. The minimum atomic E-state index is -1.07. The zero-order valence-corrected chi connectivity index (χ0v) is 11.4. The van der Waals surface area contributed by atoms with Crippen LogP contribution in [0.3, 0.4) is 0 Å². The Morgan fingerprint density at radius 3 is 2.71 bits per heavy atom. The molecule has 0 unspecified atom stereocenters. The average molecular weight is 282 g/mol. The van der Waals surface area contributed by atoms with Gasteiger partial charge >= 0.3 is 5.97 Å². The molecule has 106 valence electrons. The first-order valence-corrected chi connectivity index (χ1v) is 6.30. The van der Waals surface area contributed by atoms with E-state index in [1.807, 2.05) is 6.07 Å². The second-order valence-corrected chi connectivity index (χ2v) is 4.41. The fraction of sp³-hybridized carbons (Fsp3) is 0.0625. The molecule has 1 heterocycles. The topological polar surface area (TPSA) is 79.3 Å². The summed E-state index contributed by atoms with van der Waals surface area (Å²) in [4.78, 5) is 27.0.